The molecule has 0 aliphatic carbocycles. The van der Waals surface area contributed by atoms with Crippen molar-refractivity contribution in [3.8, 4) is 11.3 Å². The highest BCUT2D eigenvalue weighted by molar-refractivity contribution is 7.08. The van der Waals surface area contributed by atoms with Gasteiger partial charge in [-0.3, -0.25) is 0 Å². The third-order valence-corrected chi connectivity index (χ3v) is 4.13. The van der Waals surface area contributed by atoms with E-state index in [4.69, 9.17) is 5.11 Å². The molecule has 2 N–H and O–H groups in total. The van der Waals surface area contributed by atoms with E-state index in [9.17, 15) is 9.50 Å². The Hall–Kier alpha value is -1.57. The fraction of sp³-hybridized carbons (Fsp3) is 0.385. The minimum atomic E-state index is -0.613. The normalized spacial score (nSPS) is 22.4. The third kappa shape index (κ3) is 2.39. The molecule has 2 aromatic rings. The van der Waals surface area contributed by atoms with Gasteiger partial charge in [-0.05, 0) is 11.4 Å². The zero-order valence-electron chi connectivity index (χ0n) is 10.6. The molecule has 0 amide bonds. The Balaban J connectivity index is 1.90. The number of halogens is 1. The Morgan fingerprint density at radius 3 is 2.95 bits per heavy atom. The van der Waals surface area contributed by atoms with Crippen LogP contribution in [0.15, 0.2) is 23.0 Å². The lowest BCUT2D eigenvalue weighted by atomic mass is 10.1. The van der Waals surface area contributed by atoms with Crippen molar-refractivity contribution in [3.05, 3.63) is 28.8 Å². The number of aliphatic hydroxyl groups is 2. The summed E-state index contributed by atoms with van der Waals surface area (Å²) < 4.78 is 13.8. The number of hydrogen-bond acceptors (Lipinski definition) is 6. The molecule has 0 radical (unpaired) electrons. The summed E-state index contributed by atoms with van der Waals surface area (Å²) in [5, 5.41) is 22.6. The van der Waals surface area contributed by atoms with Crippen molar-refractivity contribution in [1.29, 1.82) is 0 Å². The summed E-state index contributed by atoms with van der Waals surface area (Å²) >= 11 is 1.47. The molecule has 7 heteroatoms. The van der Waals surface area contributed by atoms with Crippen molar-refractivity contribution in [2.75, 3.05) is 24.6 Å². The third-order valence-electron chi connectivity index (χ3n) is 3.45. The van der Waals surface area contributed by atoms with Gasteiger partial charge in [-0.25, -0.2) is 14.4 Å². The topological polar surface area (TPSA) is 69.5 Å². The van der Waals surface area contributed by atoms with Crippen LogP contribution >= 0.6 is 11.3 Å². The van der Waals surface area contributed by atoms with Crippen LogP contribution in [0, 0.1) is 11.7 Å². The van der Waals surface area contributed by atoms with E-state index in [0.29, 0.717) is 19.0 Å². The van der Waals surface area contributed by atoms with Gasteiger partial charge >= 0.3 is 0 Å². The summed E-state index contributed by atoms with van der Waals surface area (Å²) in [4.78, 5) is 10.0. The summed E-state index contributed by atoms with van der Waals surface area (Å²) in [6, 6.07) is 1.80. The molecule has 0 bridgehead atoms. The van der Waals surface area contributed by atoms with E-state index in [1.807, 2.05) is 10.8 Å². The molecule has 1 saturated heterocycles. The van der Waals surface area contributed by atoms with Crippen molar-refractivity contribution < 1.29 is 14.6 Å². The lowest BCUT2D eigenvalue weighted by Crippen LogP contribution is -2.23. The predicted octanol–water partition coefficient (Wildman–Crippen LogP) is 1.13. The van der Waals surface area contributed by atoms with E-state index < -0.39 is 11.9 Å². The zero-order chi connectivity index (χ0) is 14.1. The minimum absolute atomic E-state index is 0.0871. The first-order valence-electron chi connectivity index (χ1n) is 6.28. The number of nitrogens with zero attached hydrogens (tertiary/aromatic N) is 3. The highest BCUT2D eigenvalue weighted by Gasteiger charge is 2.32. The maximum atomic E-state index is 13.8. The first-order valence-corrected chi connectivity index (χ1v) is 7.22. The van der Waals surface area contributed by atoms with Gasteiger partial charge in [0.2, 0.25) is 5.95 Å². The Morgan fingerprint density at radius 2 is 2.30 bits per heavy atom. The second-order valence-corrected chi connectivity index (χ2v) is 5.57. The highest BCUT2D eigenvalue weighted by atomic mass is 32.1. The molecule has 5 nitrogen and oxygen atoms in total. The molecular weight excluding hydrogens is 281 g/mol. The monoisotopic (exact) mass is 295 g/mol. The molecule has 1 fully saturated rings. The summed E-state index contributed by atoms with van der Waals surface area (Å²) in [6.45, 7) is 0.725. The van der Waals surface area contributed by atoms with E-state index >= 15 is 0 Å². The molecule has 0 unspecified atom stereocenters. The molecule has 0 saturated carbocycles. The van der Waals surface area contributed by atoms with Gasteiger partial charge in [-0.1, -0.05) is 0 Å². The fourth-order valence-electron chi connectivity index (χ4n) is 2.31. The van der Waals surface area contributed by atoms with Gasteiger partial charge in [0.05, 0.1) is 18.9 Å². The van der Waals surface area contributed by atoms with Gasteiger partial charge in [0, 0.05) is 30.0 Å². The number of thiophene rings is 1. The number of hydrogen-bond donors (Lipinski definition) is 2. The van der Waals surface area contributed by atoms with Gasteiger partial charge in [0.15, 0.2) is 5.82 Å². The van der Waals surface area contributed by atoms with Crippen molar-refractivity contribution in [3.63, 3.8) is 0 Å². The molecule has 1 aliphatic rings. The van der Waals surface area contributed by atoms with Crippen molar-refractivity contribution in [2.24, 2.45) is 5.92 Å². The second-order valence-electron chi connectivity index (χ2n) is 4.79. The Morgan fingerprint density at radius 1 is 1.45 bits per heavy atom. The quantitative estimate of drug-likeness (QED) is 0.888. The Labute approximate surface area is 119 Å². The number of aliphatic hydroxyl groups excluding tert-OH is 2. The maximum Gasteiger partial charge on any atom is 0.226 e. The van der Waals surface area contributed by atoms with Gasteiger partial charge in [0.1, 0.15) is 5.69 Å². The average Bonchev–Trinajstić information content (AvgIpc) is 3.08. The van der Waals surface area contributed by atoms with Crippen LogP contribution in [-0.2, 0) is 0 Å². The summed E-state index contributed by atoms with van der Waals surface area (Å²) in [5.74, 6) is -0.304. The van der Waals surface area contributed by atoms with E-state index in [1.54, 1.807) is 11.0 Å². The Kier molecular flexibility index (Phi) is 3.64. The Bertz CT molecular complexity index is 593. The van der Waals surface area contributed by atoms with Gasteiger partial charge in [-0.15, -0.1) is 0 Å². The molecule has 0 aromatic carbocycles. The second kappa shape index (κ2) is 5.43. The highest BCUT2D eigenvalue weighted by Crippen LogP contribution is 2.26. The van der Waals surface area contributed by atoms with E-state index in [-0.39, 0.29) is 18.2 Å². The molecule has 106 valence electrons. The summed E-state index contributed by atoms with van der Waals surface area (Å²) in [6.07, 6.45) is 0.534. The lowest BCUT2D eigenvalue weighted by molar-refractivity contribution is 0.104. The SMILES string of the molecule is OC[C@H]1CN(c2ncc(F)c(-c3ccsc3)n2)C[C@H]1O. The fourth-order valence-corrected chi connectivity index (χ4v) is 2.95. The summed E-state index contributed by atoms with van der Waals surface area (Å²) in [5.41, 5.74) is 0.979. The van der Waals surface area contributed by atoms with Crippen LogP contribution in [0.3, 0.4) is 0 Å². The standard InChI is InChI=1S/C13H14FN3O2S/c14-10-3-15-13(16-12(10)8-1-2-20-7-8)17-4-9(6-18)11(19)5-17/h1-3,7,9,11,18-19H,4-6H2/t9-,11-/m1/s1. The predicted molar refractivity (Wildman–Crippen MR) is 74.1 cm³/mol. The molecule has 2 atom stereocenters. The molecule has 2 aromatic heterocycles. The first-order chi connectivity index (χ1) is 9.69. The van der Waals surface area contributed by atoms with Crippen LogP contribution in [0.2, 0.25) is 0 Å². The van der Waals surface area contributed by atoms with Gasteiger partial charge in [0.25, 0.3) is 0 Å². The van der Waals surface area contributed by atoms with E-state index in [2.05, 4.69) is 9.97 Å². The largest absolute Gasteiger partial charge is 0.396 e. The van der Waals surface area contributed by atoms with E-state index in [0.717, 1.165) is 11.8 Å². The molecule has 3 heterocycles. The van der Waals surface area contributed by atoms with Crippen molar-refractivity contribution in [2.45, 2.75) is 6.10 Å². The number of aromatic nitrogens is 2. The van der Waals surface area contributed by atoms with Crippen molar-refractivity contribution in [1.82, 2.24) is 9.97 Å². The smallest absolute Gasteiger partial charge is 0.226 e. The molecular formula is C13H14FN3O2S. The lowest BCUT2D eigenvalue weighted by Gasteiger charge is -2.16. The number of anilines is 1. The van der Waals surface area contributed by atoms with Crippen LogP contribution < -0.4 is 4.90 Å². The molecule has 1 aliphatic heterocycles. The van der Waals surface area contributed by atoms with Crippen LogP contribution in [0.1, 0.15) is 0 Å². The van der Waals surface area contributed by atoms with Gasteiger partial charge < -0.3 is 15.1 Å². The maximum absolute atomic E-state index is 13.8. The number of β-amino-alcohol motifs (C(OH)–C–C–N with tert-alkyl or cyclic N) is 1. The zero-order valence-corrected chi connectivity index (χ0v) is 11.4. The van der Waals surface area contributed by atoms with Crippen LogP contribution in [0.25, 0.3) is 11.3 Å². The molecule has 20 heavy (non-hydrogen) atoms. The van der Waals surface area contributed by atoms with Crippen molar-refractivity contribution >= 4 is 17.3 Å². The molecule has 0 spiro atoms. The first kappa shape index (κ1) is 13.4. The van der Waals surface area contributed by atoms with Gasteiger partial charge in [-0.2, -0.15) is 11.3 Å². The average molecular weight is 295 g/mol. The van der Waals surface area contributed by atoms with Crippen LogP contribution in [-0.4, -0.2) is 46.0 Å². The van der Waals surface area contributed by atoms with Crippen LogP contribution in [0.5, 0.6) is 0 Å². The van der Waals surface area contributed by atoms with Crippen LogP contribution in [0.4, 0.5) is 10.3 Å². The summed E-state index contributed by atoms with van der Waals surface area (Å²) in [7, 11) is 0. The van der Waals surface area contributed by atoms with E-state index in [1.165, 1.54) is 11.3 Å². The minimum Gasteiger partial charge on any atom is -0.396 e. The molecule has 3 rings (SSSR count). The number of rotatable bonds is 3.